The maximum absolute atomic E-state index is 5.36. The van der Waals surface area contributed by atoms with Crippen LogP contribution in [0.15, 0.2) is 18.2 Å². The van der Waals surface area contributed by atoms with Crippen molar-refractivity contribution in [3.8, 4) is 5.75 Å². The fraction of sp³-hybridized carbons (Fsp3) is 0.462. The van der Waals surface area contributed by atoms with E-state index in [-0.39, 0.29) is 0 Å². The van der Waals surface area contributed by atoms with E-state index in [1.165, 1.54) is 0 Å². The molecule has 0 saturated heterocycles. The molecule has 1 aromatic rings. The van der Waals surface area contributed by atoms with Gasteiger partial charge in [0.15, 0.2) is 5.11 Å². The van der Waals surface area contributed by atoms with E-state index in [0.29, 0.717) is 0 Å². The molecule has 0 aromatic heterocycles. The Morgan fingerprint density at radius 1 is 1.35 bits per heavy atom. The van der Waals surface area contributed by atoms with Gasteiger partial charge in [0.1, 0.15) is 5.75 Å². The summed E-state index contributed by atoms with van der Waals surface area (Å²) in [7, 11) is 1.67. The molecule has 0 saturated carbocycles. The quantitative estimate of drug-likeness (QED) is 0.832. The number of nitrogens with one attached hydrogen (secondary N) is 1. The van der Waals surface area contributed by atoms with Crippen molar-refractivity contribution in [3.05, 3.63) is 23.8 Å². The maximum Gasteiger partial charge on any atom is 0.173 e. The summed E-state index contributed by atoms with van der Waals surface area (Å²) in [6.45, 7) is 8.06. The lowest BCUT2D eigenvalue weighted by Crippen LogP contribution is -2.34. The Morgan fingerprint density at radius 3 is 2.47 bits per heavy atom. The molecule has 0 heterocycles. The lowest BCUT2D eigenvalue weighted by atomic mass is 10.2. The highest BCUT2D eigenvalue weighted by atomic mass is 32.1. The summed E-state index contributed by atoms with van der Waals surface area (Å²) in [4.78, 5) is 2.11. The van der Waals surface area contributed by atoms with E-state index in [2.05, 4.69) is 24.1 Å². The van der Waals surface area contributed by atoms with Gasteiger partial charge >= 0.3 is 0 Å². The van der Waals surface area contributed by atoms with Crippen LogP contribution in [0.2, 0.25) is 0 Å². The lowest BCUT2D eigenvalue weighted by molar-refractivity contribution is 0.414. The molecule has 1 aromatic carbocycles. The van der Waals surface area contributed by atoms with Crippen LogP contribution in [0.25, 0.3) is 0 Å². The highest BCUT2D eigenvalue weighted by molar-refractivity contribution is 7.80. The summed E-state index contributed by atoms with van der Waals surface area (Å²) >= 11 is 5.36. The average Bonchev–Trinajstić information content (AvgIpc) is 2.33. The fourth-order valence-electron chi connectivity index (χ4n) is 1.61. The Kier molecular flexibility index (Phi) is 5.22. The van der Waals surface area contributed by atoms with E-state index in [1.807, 2.05) is 25.1 Å². The van der Waals surface area contributed by atoms with Gasteiger partial charge in [0.2, 0.25) is 0 Å². The van der Waals surface area contributed by atoms with E-state index in [4.69, 9.17) is 17.0 Å². The van der Waals surface area contributed by atoms with Gasteiger partial charge in [-0.3, -0.25) is 0 Å². The molecular weight excluding hydrogens is 232 g/mol. The fourth-order valence-corrected chi connectivity index (χ4v) is 1.98. The number of hydrogen-bond donors (Lipinski definition) is 1. The SMILES string of the molecule is CCN(CC)C(=S)Nc1ccc(OC)cc1C. The number of nitrogens with zero attached hydrogens (tertiary/aromatic N) is 1. The number of benzene rings is 1. The van der Waals surface area contributed by atoms with Gasteiger partial charge in [-0.05, 0) is 56.8 Å². The van der Waals surface area contributed by atoms with Crippen LogP contribution >= 0.6 is 12.2 Å². The molecule has 0 radical (unpaired) electrons. The Morgan fingerprint density at radius 2 is 2.00 bits per heavy atom. The zero-order chi connectivity index (χ0) is 12.8. The zero-order valence-corrected chi connectivity index (χ0v) is 11.7. The summed E-state index contributed by atoms with van der Waals surface area (Å²) in [6.07, 6.45) is 0. The van der Waals surface area contributed by atoms with Crippen LogP contribution in [0.1, 0.15) is 19.4 Å². The smallest absolute Gasteiger partial charge is 0.173 e. The molecule has 0 spiro atoms. The largest absolute Gasteiger partial charge is 0.497 e. The van der Waals surface area contributed by atoms with Gasteiger partial charge < -0.3 is 15.0 Å². The molecule has 0 aliphatic rings. The number of thiocarbonyl (C=S) groups is 1. The van der Waals surface area contributed by atoms with Gasteiger partial charge in [0.05, 0.1) is 7.11 Å². The van der Waals surface area contributed by atoms with E-state index in [9.17, 15) is 0 Å². The first-order chi connectivity index (χ1) is 8.12. The molecule has 0 unspecified atom stereocenters. The Labute approximate surface area is 109 Å². The van der Waals surface area contributed by atoms with Crippen LogP contribution in [-0.2, 0) is 0 Å². The van der Waals surface area contributed by atoms with E-state index >= 15 is 0 Å². The number of hydrogen-bond acceptors (Lipinski definition) is 2. The first-order valence-electron chi connectivity index (χ1n) is 5.82. The molecule has 0 aliphatic carbocycles. The predicted octanol–water partition coefficient (Wildman–Crippen LogP) is 3.04. The van der Waals surface area contributed by atoms with Crippen molar-refractivity contribution >= 4 is 23.0 Å². The highest BCUT2D eigenvalue weighted by Crippen LogP contribution is 2.21. The molecule has 0 amide bonds. The van der Waals surface area contributed by atoms with Crippen molar-refractivity contribution < 1.29 is 4.74 Å². The molecule has 0 fully saturated rings. The summed E-state index contributed by atoms with van der Waals surface area (Å²) in [5.41, 5.74) is 2.15. The number of anilines is 1. The second-order valence-electron chi connectivity index (χ2n) is 3.78. The van der Waals surface area contributed by atoms with E-state index in [0.717, 1.165) is 35.2 Å². The van der Waals surface area contributed by atoms with Gasteiger partial charge in [0, 0.05) is 18.8 Å². The van der Waals surface area contributed by atoms with Crippen LogP contribution < -0.4 is 10.1 Å². The average molecular weight is 252 g/mol. The molecule has 0 aliphatic heterocycles. The van der Waals surface area contributed by atoms with Crippen LogP contribution in [0.4, 0.5) is 5.69 Å². The van der Waals surface area contributed by atoms with Crippen molar-refractivity contribution in [3.63, 3.8) is 0 Å². The number of methoxy groups -OCH3 is 1. The summed E-state index contributed by atoms with van der Waals surface area (Å²) < 4.78 is 5.17. The van der Waals surface area contributed by atoms with Gasteiger partial charge in [-0.15, -0.1) is 0 Å². The first kappa shape index (κ1) is 13.8. The Hall–Kier alpha value is -1.29. The van der Waals surface area contributed by atoms with Gasteiger partial charge in [0.25, 0.3) is 0 Å². The molecule has 3 nitrogen and oxygen atoms in total. The first-order valence-corrected chi connectivity index (χ1v) is 6.23. The molecule has 4 heteroatoms. The Bertz CT molecular complexity index is 389. The van der Waals surface area contributed by atoms with Gasteiger partial charge in [-0.2, -0.15) is 0 Å². The third-order valence-electron chi connectivity index (χ3n) is 2.73. The van der Waals surface area contributed by atoms with Crippen molar-refractivity contribution in [2.24, 2.45) is 0 Å². The number of rotatable bonds is 4. The van der Waals surface area contributed by atoms with Gasteiger partial charge in [-0.1, -0.05) is 0 Å². The second kappa shape index (κ2) is 6.45. The minimum Gasteiger partial charge on any atom is -0.497 e. The molecule has 17 heavy (non-hydrogen) atoms. The van der Waals surface area contributed by atoms with Crippen LogP contribution in [0.5, 0.6) is 5.75 Å². The van der Waals surface area contributed by atoms with Crippen LogP contribution in [0.3, 0.4) is 0 Å². The molecule has 0 bridgehead atoms. The van der Waals surface area contributed by atoms with Crippen LogP contribution in [-0.4, -0.2) is 30.2 Å². The molecular formula is C13H20N2OS. The highest BCUT2D eigenvalue weighted by Gasteiger charge is 2.07. The van der Waals surface area contributed by atoms with Crippen molar-refractivity contribution in [1.29, 1.82) is 0 Å². The zero-order valence-electron chi connectivity index (χ0n) is 10.9. The summed E-state index contributed by atoms with van der Waals surface area (Å²) in [5, 5.41) is 4.03. The van der Waals surface area contributed by atoms with Gasteiger partial charge in [-0.25, -0.2) is 0 Å². The maximum atomic E-state index is 5.36. The standard InChI is InChI=1S/C13H20N2OS/c1-5-15(6-2)13(17)14-12-8-7-11(16-4)9-10(12)3/h7-9H,5-6H2,1-4H3,(H,14,17). The second-order valence-corrected chi connectivity index (χ2v) is 4.17. The lowest BCUT2D eigenvalue weighted by Gasteiger charge is -2.23. The molecule has 1 N–H and O–H groups in total. The molecule has 1 rings (SSSR count). The topological polar surface area (TPSA) is 24.5 Å². The van der Waals surface area contributed by atoms with Crippen molar-refractivity contribution in [2.75, 3.05) is 25.5 Å². The van der Waals surface area contributed by atoms with Crippen LogP contribution in [0, 0.1) is 6.92 Å². The monoisotopic (exact) mass is 252 g/mol. The third-order valence-corrected chi connectivity index (χ3v) is 3.09. The number of aryl methyl sites for hydroxylation is 1. The van der Waals surface area contributed by atoms with E-state index in [1.54, 1.807) is 7.11 Å². The minimum absolute atomic E-state index is 0.767. The molecule has 94 valence electrons. The van der Waals surface area contributed by atoms with E-state index < -0.39 is 0 Å². The normalized spacial score (nSPS) is 9.88. The minimum atomic E-state index is 0.767. The summed E-state index contributed by atoms with van der Waals surface area (Å²) in [5.74, 6) is 0.863. The Balaban J connectivity index is 2.78. The third kappa shape index (κ3) is 3.60. The number of ether oxygens (including phenoxy) is 1. The predicted molar refractivity (Wildman–Crippen MR) is 76.9 cm³/mol. The molecule has 0 atom stereocenters. The van der Waals surface area contributed by atoms with Crippen molar-refractivity contribution in [2.45, 2.75) is 20.8 Å². The van der Waals surface area contributed by atoms with Crippen molar-refractivity contribution in [1.82, 2.24) is 4.90 Å². The summed E-state index contributed by atoms with van der Waals surface area (Å²) in [6, 6.07) is 5.91.